The molecule has 1 heterocycles. The second-order valence-electron chi connectivity index (χ2n) is 4.19. The lowest BCUT2D eigenvalue weighted by Crippen LogP contribution is -2.37. The van der Waals surface area contributed by atoms with E-state index in [0.29, 0.717) is 6.42 Å². The van der Waals surface area contributed by atoms with Crippen LogP contribution in [-0.4, -0.2) is 46.6 Å². The van der Waals surface area contributed by atoms with Gasteiger partial charge in [0.1, 0.15) is 0 Å². The Morgan fingerprint density at radius 1 is 1.47 bits per heavy atom. The fraction of sp³-hybridized carbons (Fsp3) is 0.909. The van der Waals surface area contributed by atoms with Crippen LogP contribution in [0.15, 0.2) is 0 Å². The van der Waals surface area contributed by atoms with Crippen LogP contribution in [0.3, 0.4) is 0 Å². The summed E-state index contributed by atoms with van der Waals surface area (Å²) in [7, 11) is 0. The molecule has 88 valence electrons. The van der Waals surface area contributed by atoms with Gasteiger partial charge in [-0.1, -0.05) is 13.3 Å². The zero-order chi connectivity index (χ0) is 11.1. The molecular formula is C11H21NO2S. The quantitative estimate of drug-likeness (QED) is 0.710. The van der Waals surface area contributed by atoms with Crippen LogP contribution in [-0.2, 0) is 4.79 Å². The van der Waals surface area contributed by atoms with Gasteiger partial charge in [0.2, 0.25) is 0 Å². The van der Waals surface area contributed by atoms with E-state index in [4.69, 9.17) is 5.11 Å². The van der Waals surface area contributed by atoms with Crippen LogP contribution in [0.4, 0.5) is 0 Å². The van der Waals surface area contributed by atoms with Gasteiger partial charge in [0, 0.05) is 30.5 Å². The second kappa shape index (κ2) is 7.12. The van der Waals surface area contributed by atoms with E-state index in [0.717, 1.165) is 31.1 Å². The third-order valence-corrected chi connectivity index (χ3v) is 3.83. The van der Waals surface area contributed by atoms with E-state index in [2.05, 4.69) is 23.6 Å². The molecule has 0 bridgehead atoms. The van der Waals surface area contributed by atoms with Gasteiger partial charge in [-0.2, -0.15) is 11.8 Å². The number of hydrogen-bond acceptors (Lipinski definition) is 3. The number of rotatable bonds is 6. The van der Waals surface area contributed by atoms with Crippen molar-refractivity contribution in [3.8, 4) is 0 Å². The summed E-state index contributed by atoms with van der Waals surface area (Å²) in [5.41, 5.74) is 0. The number of aliphatic carboxylic acids is 1. The van der Waals surface area contributed by atoms with Crippen LogP contribution < -0.4 is 0 Å². The Morgan fingerprint density at radius 2 is 2.27 bits per heavy atom. The molecule has 3 nitrogen and oxygen atoms in total. The average Bonchev–Trinajstić information content (AvgIpc) is 2.17. The summed E-state index contributed by atoms with van der Waals surface area (Å²) in [6, 6.07) is 0. The molecule has 0 aromatic rings. The highest BCUT2D eigenvalue weighted by Crippen LogP contribution is 2.18. The average molecular weight is 231 g/mol. The van der Waals surface area contributed by atoms with Crippen molar-refractivity contribution in [3.63, 3.8) is 0 Å². The van der Waals surface area contributed by atoms with Gasteiger partial charge in [-0.3, -0.25) is 4.79 Å². The third kappa shape index (κ3) is 6.05. The molecule has 1 aliphatic rings. The second-order valence-corrected chi connectivity index (χ2v) is 5.73. The van der Waals surface area contributed by atoms with Crippen molar-refractivity contribution in [2.24, 2.45) is 0 Å². The van der Waals surface area contributed by atoms with Gasteiger partial charge >= 0.3 is 5.97 Å². The van der Waals surface area contributed by atoms with Crippen LogP contribution >= 0.6 is 11.8 Å². The van der Waals surface area contributed by atoms with Crippen molar-refractivity contribution in [1.82, 2.24) is 4.90 Å². The summed E-state index contributed by atoms with van der Waals surface area (Å²) < 4.78 is 0. The van der Waals surface area contributed by atoms with Gasteiger partial charge in [-0.05, 0) is 19.4 Å². The maximum Gasteiger partial charge on any atom is 0.303 e. The van der Waals surface area contributed by atoms with E-state index in [9.17, 15) is 4.79 Å². The van der Waals surface area contributed by atoms with Gasteiger partial charge in [-0.25, -0.2) is 0 Å². The smallest absolute Gasteiger partial charge is 0.303 e. The van der Waals surface area contributed by atoms with E-state index in [1.54, 1.807) is 0 Å². The molecule has 15 heavy (non-hydrogen) atoms. The van der Waals surface area contributed by atoms with Crippen LogP contribution in [0.1, 0.15) is 32.6 Å². The Balaban J connectivity index is 1.97. The Kier molecular flexibility index (Phi) is 6.10. The standard InChI is InChI=1S/C11H21NO2S/c1-10-9-12(7-8-15-10)6-4-2-3-5-11(13)14/h10H,2-9H2,1H3,(H,13,14). The monoisotopic (exact) mass is 231 g/mol. The number of carboxylic acids is 1. The molecule has 1 rings (SSSR count). The molecule has 0 aromatic carbocycles. The summed E-state index contributed by atoms with van der Waals surface area (Å²) in [4.78, 5) is 12.8. The molecule has 0 saturated carbocycles. The molecule has 1 fully saturated rings. The molecule has 0 aliphatic carbocycles. The molecule has 1 atom stereocenters. The molecule has 1 aliphatic heterocycles. The minimum Gasteiger partial charge on any atom is -0.481 e. The number of carbonyl (C=O) groups is 1. The minimum absolute atomic E-state index is 0.326. The van der Waals surface area contributed by atoms with E-state index in [-0.39, 0.29) is 0 Å². The zero-order valence-corrected chi connectivity index (χ0v) is 10.3. The van der Waals surface area contributed by atoms with Crippen molar-refractivity contribution < 1.29 is 9.90 Å². The van der Waals surface area contributed by atoms with Gasteiger partial charge in [-0.15, -0.1) is 0 Å². The number of hydrogen-bond donors (Lipinski definition) is 1. The summed E-state index contributed by atoms with van der Waals surface area (Å²) in [5, 5.41) is 9.24. The van der Waals surface area contributed by atoms with E-state index < -0.39 is 5.97 Å². The summed E-state index contributed by atoms with van der Waals surface area (Å²) in [6.07, 6.45) is 3.34. The van der Waals surface area contributed by atoms with Crippen LogP contribution in [0, 0.1) is 0 Å². The normalized spacial score (nSPS) is 22.9. The predicted molar refractivity (Wildman–Crippen MR) is 64.5 cm³/mol. The van der Waals surface area contributed by atoms with Crippen molar-refractivity contribution in [1.29, 1.82) is 0 Å². The first-order chi connectivity index (χ1) is 7.18. The molecule has 0 aromatic heterocycles. The van der Waals surface area contributed by atoms with Crippen molar-refractivity contribution in [2.75, 3.05) is 25.4 Å². The van der Waals surface area contributed by atoms with Gasteiger partial charge in [0.15, 0.2) is 0 Å². The Labute approximate surface area is 96.2 Å². The highest BCUT2D eigenvalue weighted by Gasteiger charge is 2.15. The maximum absolute atomic E-state index is 10.3. The summed E-state index contributed by atoms with van der Waals surface area (Å²) in [6.45, 7) is 5.82. The largest absolute Gasteiger partial charge is 0.481 e. The lowest BCUT2D eigenvalue weighted by Gasteiger charge is -2.30. The molecule has 4 heteroatoms. The third-order valence-electron chi connectivity index (χ3n) is 2.69. The SMILES string of the molecule is CC1CN(CCCCCC(=O)O)CCS1. The molecule has 0 amide bonds. The van der Waals surface area contributed by atoms with E-state index >= 15 is 0 Å². The first-order valence-electron chi connectivity index (χ1n) is 5.74. The first-order valence-corrected chi connectivity index (χ1v) is 6.79. The maximum atomic E-state index is 10.3. The number of carboxylic acid groups (broad SMARTS) is 1. The molecule has 1 saturated heterocycles. The topological polar surface area (TPSA) is 40.5 Å². The van der Waals surface area contributed by atoms with Gasteiger partial charge < -0.3 is 10.0 Å². The van der Waals surface area contributed by atoms with E-state index in [1.165, 1.54) is 18.8 Å². The highest BCUT2D eigenvalue weighted by atomic mass is 32.2. The Morgan fingerprint density at radius 3 is 2.93 bits per heavy atom. The van der Waals surface area contributed by atoms with Crippen molar-refractivity contribution in [2.45, 2.75) is 37.9 Å². The fourth-order valence-corrected chi connectivity index (χ4v) is 2.96. The molecular weight excluding hydrogens is 210 g/mol. The van der Waals surface area contributed by atoms with Gasteiger partial charge in [0.05, 0.1) is 0 Å². The molecule has 0 radical (unpaired) electrons. The first kappa shape index (κ1) is 12.8. The van der Waals surface area contributed by atoms with Crippen molar-refractivity contribution >= 4 is 17.7 Å². The zero-order valence-electron chi connectivity index (χ0n) is 9.45. The fourth-order valence-electron chi connectivity index (χ4n) is 1.88. The Hall–Kier alpha value is -0.220. The highest BCUT2D eigenvalue weighted by molar-refractivity contribution is 7.99. The van der Waals surface area contributed by atoms with Crippen LogP contribution in [0.2, 0.25) is 0 Å². The minimum atomic E-state index is -0.669. The molecule has 1 unspecified atom stereocenters. The van der Waals surface area contributed by atoms with Crippen molar-refractivity contribution in [3.05, 3.63) is 0 Å². The lowest BCUT2D eigenvalue weighted by atomic mass is 10.2. The number of unbranched alkanes of at least 4 members (excludes halogenated alkanes) is 2. The van der Waals surface area contributed by atoms with E-state index in [1.807, 2.05) is 0 Å². The Bertz CT molecular complexity index is 199. The molecule has 0 spiro atoms. The summed E-state index contributed by atoms with van der Waals surface area (Å²) in [5.74, 6) is 0.578. The predicted octanol–water partition coefficient (Wildman–Crippen LogP) is 2.07. The van der Waals surface area contributed by atoms with Crippen LogP contribution in [0.5, 0.6) is 0 Å². The summed E-state index contributed by atoms with van der Waals surface area (Å²) >= 11 is 2.05. The number of thioether (sulfide) groups is 1. The molecule has 1 N–H and O–H groups in total. The van der Waals surface area contributed by atoms with Gasteiger partial charge in [0.25, 0.3) is 0 Å². The van der Waals surface area contributed by atoms with Crippen LogP contribution in [0.25, 0.3) is 0 Å². The number of nitrogens with zero attached hydrogens (tertiary/aromatic N) is 1. The lowest BCUT2D eigenvalue weighted by molar-refractivity contribution is -0.137.